The van der Waals surface area contributed by atoms with Crippen molar-refractivity contribution >= 4 is 11.3 Å². The Morgan fingerprint density at radius 3 is 3.05 bits per heavy atom. The van der Waals surface area contributed by atoms with Gasteiger partial charge in [-0.05, 0) is 38.3 Å². The van der Waals surface area contributed by atoms with E-state index < -0.39 is 0 Å². The smallest absolute Gasteiger partial charge is 0.0619 e. The summed E-state index contributed by atoms with van der Waals surface area (Å²) in [5.41, 5.74) is 1.51. The fourth-order valence-electron chi connectivity index (χ4n) is 2.58. The number of morpholine rings is 1. The lowest BCUT2D eigenvalue weighted by atomic mass is 10.2. The van der Waals surface area contributed by atoms with Gasteiger partial charge in [-0.2, -0.15) is 0 Å². The molecule has 3 nitrogen and oxygen atoms in total. The molecule has 1 atom stereocenters. The Kier molecular flexibility index (Phi) is 4.22. The van der Waals surface area contributed by atoms with Crippen LogP contribution in [0.1, 0.15) is 35.1 Å². The topological polar surface area (TPSA) is 24.5 Å². The number of ether oxygens (including phenoxy) is 1. The molecule has 0 aromatic carbocycles. The Labute approximate surface area is 119 Å². The van der Waals surface area contributed by atoms with Crippen LogP contribution in [0, 0.1) is 6.92 Å². The molecule has 0 amide bonds. The average Bonchev–Trinajstić information content (AvgIpc) is 3.16. The maximum absolute atomic E-state index is 5.51. The first-order valence-corrected chi connectivity index (χ1v) is 8.17. The van der Waals surface area contributed by atoms with E-state index in [4.69, 9.17) is 4.74 Å². The van der Waals surface area contributed by atoms with Crippen molar-refractivity contribution < 1.29 is 4.74 Å². The standard InChI is InChI=1S/C15H24N2OS/c1-11-10-18-6-5-17(11)9-13-7-15(19-12(13)2)8-16-14-3-4-14/h7,11,14,16H,3-6,8-10H2,1-2H3. The van der Waals surface area contributed by atoms with Crippen LogP contribution >= 0.6 is 11.3 Å². The molecule has 106 valence electrons. The minimum atomic E-state index is 0.543. The van der Waals surface area contributed by atoms with Gasteiger partial charge in [0.2, 0.25) is 0 Å². The lowest BCUT2D eigenvalue weighted by Crippen LogP contribution is -2.42. The summed E-state index contributed by atoms with van der Waals surface area (Å²) < 4.78 is 5.51. The lowest BCUT2D eigenvalue weighted by Gasteiger charge is -2.33. The van der Waals surface area contributed by atoms with E-state index in [9.17, 15) is 0 Å². The highest BCUT2D eigenvalue weighted by Crippen LogP contribution is 2.26. The normalized spacial score (nSPS) is 24.8. The largest absolute Gasteiger partial charge is 0.379 e. The highest BCUT2D eigenvalue weighted by atomic mass is 32.1. The minimum Gasteiger partial charge on any atom is -0.379 e. The monoisotopic (exact) mass is 280 g/mol. The van der Waals surface area contributed by atoms with Crippen molar-refractivity contribution in [2.75, 3.05) is 19.8 Å². The van der Waals surface area contributed by atoms with Gasteiger partial charge in [-0.15, -0.1) is 11.3 Å². The van der Waals surface area contributed by atoms with Crippen molar-refractivity contribution in [1.29, 1.82) is 0 Å². The van der Waals surface area contributed by atoms with Crippen molar-refractivity contribution in [1.82, 2.24) is 10.2 Å². The number of nitrogens with one attached hydrogen (secondary N) is 1. The molecule has 1 unspecified atom stereocenters. The molecule has 1 N–H and O–H groups in total. The molecule has 1 saturated heterocycles. The lowest BCUT2D eigenvalue weighted by molar-refractivity contribution is -0.00439. The molecule has 1 aromatic heterocycles. The predicted octanol–water partition coefficient (Wildman–Crippen LogP) is 2.53. The number of nitrogens with zero attached hydrogens (tertiary/aromatic N) is 1. The highest BCUT2D eigenvalue weighted by Gasteiger charge is 2.22. The van der Waals surface area contributed by atoms with Crippen LogP contribution in [-0.4, -0.2) is 36.7 Å². The highest BCUT2D eigenvalue weighted by molar-refractivity contribution is 7.12. The third-order valence-electron chi connectivity index (χ3n) is 4.09. The van der Waals surface area contributed by atoms with Crippen LogP contribution < -0.4 is 5.32 Å². The summed E-state index contributed by atoms with van der Waals surface area (Å²) in [5, 5.41) is 3.60. The Balaban J connectivity index is 1.59. The zero-order valence-corrected chi connectivity index (χ0v) is 12.8. The number of aryl methyl sites for hydroxylation is 1. The number of hydrogen-bond acceptors (Lipinski definition) is 4. The predicted molar refractivity (Wildman–Crippen MR) is 79.6 cm³/mol. The van der Waals surface area contributed by atoms with Crippen LogP contribution in [0.4, 0.5) is 0 Å². The van der Waals surface area contributed by atoms with Crippen molar-refractivity contribution in [3.63, 3.8) is 0 Å². The molecule has 0 bridgehead atoms. The van der Waals surface area contributed by atoms with E-state index in [-0.39, 0.29) is 0 Å². The van der Waals surface area contributed by atoms with Crippen molar-refractivity contribution in [2.45, 2.75) is 51.9 Å². The molecule has 4 heteroatoms. The van der Waals surface area contributed by atoms with Crippen LogP contribution in [0.5, 0.6) is 0 Å². The van der Waals surface area contributed by atoms with Crippen LogP contribution in [0.3, 0.4) is 0 Å². The zero-order chi connectivity index (χ0) is 13.2. The molecule has 19 heavy (non-hydrogen) atoms. The van der Waals surface area contributed by atoms with Crippen LogP contribution in [0.2, 0.25) is 0 Å². The SMILES string of the molecule is Cc1sc(CNC2CC2)cc1CN1CCOCC1C. The summed E-state index contributed by atoms with van der Waals surface area (Å²) in [6, 6.07) is 3.74. The van der Waals surface area contributed by atoms with Gasteiger partial charge in [-0.25, -0.2) is 0 Å². The first-order chi connectivity index (χ1) is 9.22. The van der Waals surface area contributed by atoms with Gasteiger partial charge in [0.25, 0.3) is 0 Å². The molecular weight excluding hydrogens is 256 g/mol. The molecule has 2 aliphatic rings. The van der Waals surface area contributed by atoms with Gasteiger partial charge >= 0.3 is 0 Å². The molecule has 1 aromatic rings. The first-order valence-electron chi connectivity index (χ1n) is 7.36. The van der Waals surface area contributed by atoms with Gasteiger partial charge in [0, 0.05) is 41.5 Å². The molecule has 1 saturated carbocycles. The van der Waals surface area contributed by atoms with Crippen molar-refractivity contribution in [2.24, 2.45) is 0 Å². The summed E-state index contributed by atoms with van der Waals surface area (Å²) in [6.45, 7) is 9.46. The Morgan fingerprint density at radius 2 is 2.32 bits per heavy atom. The van der Waals surface area contributed by atoms with Gasteiger partial charge in [0.05, 0.1) is 13.2 Å². The first kappa shape index (κ1) is 13.6. The fourth-order valence-corrected chi connectivity index (χ4v) is 3.58. The average molecular weight is 280 g/mol. The molecule has 2 fully saturated rings. The van der Waals surface area contributed by atoms with Crippen LogP contribution in [0.25, 0.3) is 0 Å². The van der Waals surface area contributed by atoms with E-state index in [1.807, 2.05) is 11.3 Å². The fraction of sp³-hybridized carbons (Fsp3) is 0.733. The molecule has 0 radical (unpaired) electrons. The third-order valence-corrected chi connectivity index (χ3v) is 5.19. The van der Waals surface area contributed by atoms with Gasteiger partial charge < -0.3 is 10.1 Å². The van der Waals surface area contributed by atoms with Gasteiger partial charge in [-0.3, -0.25) is 4.90 Å². The van der Waals surface area contributed by atoms with E-state index in [0.717, 1.165) is 38.9 Å². The quantitative estimate of drug-likeness (QED) is 0.897. The van der Waals surface area contributed by atoms with Crippen molar-refractivity contribution in [3.05, 3.63) is 21.4 Å². The second kappa shape index (κ2) is 5.92. The van der Waals surface area contributed by atoms with E-state index in [1.54, 1.807) is 0 Å². The van der Waals surface area contributed by atoms with Gasteiger partial charge in [0.15, 0.2) is 0 Å². The zero-order valence-electron chi connectivity index (χ0n) is 11.9. The summed E-state index contributed by atoms with van der Waals surface area (Å²) >= 11 is 1.95. The summed E-state index contributed by atoms with van der Waals surface area (Å²) in [6.07, 6.45) is 2.73. The Morgan fingerprint density at radius 1 is 1.47 bits per heavy atom. The molecule has 0 spiro atoms. The number of rotatable bonds is 5. The van der Waals surface area contributed by atoms with Crippen LogP contribution in [-0.2, 0) is 17.8 Å². The van der Waals surface area contributed by atoms with Gasteiger partial charge in [-0.1, -0.05) is 0 Å². The van der Waals surface area contributed by atoms with E-state index in [0.29, 0.717) is 6.04 Å². The number of hydrogen-bond donors (Lipinski definition) is 1. The summed E-state index contributed by atoms with van der Waals surface area (Å²) in [5.74, 6) is 0. The van der Waals surface area contributed by atoms with E-state index in [1.165, 1.54) is 28.2 Å². The van der Waals surface area contributed by atoms with E-state index in [2.05, 4.69) is 30.1 Å². The van der Waals surface area contributed by atoms with Crippen molar-refractivity contribution in [3.8, 4) is 0 Å². The molecule has 3 rings (SSSR count). The maximum Gasteiger partial charge on any atom is 0.0619 e. The summed E-state index contributed by atoms with van der Waals surface area (Å²) in [7, 11) is 0. The Bertz CT molecular complexity index is 428. The number of thiophene rings is 1. The Hall–Kier alpha value is -0.420. The minimum absolute atomic E-state index is 0.543. The summed E-state index contributed by atoms with van der Waals surface area (Å²) in [4.78, 5) is 5.50. The maximum atomic E-state index is 5.51. The molecular formula is C15H24N2OS. The second-order valence-corrected chi connectivity index (χ2v) is 7.18. The molecule has 1 aliphatic heterocycles. The second-order valence-electron chi connectivity index (χ2n) is 5.84. The van der Waals surface area contributed by atoms with Crippen LogP contribution in [0.15, 0.2) is 6.07 Å². The molecule has 1 aliphatic carbocycles. The molecule has 2 heterocycles. The third kappa shape index (κ3) is 3.57. The van der Waals surface area contributed by atoms with Gasteiger partial charge in [0.1, 0.15) is 0 Å². The van der Waals surface area contributed by atoms with E-state index >= 15 is 0 Å².